The largest absolute Gasteiger partial charge is 0.482 e. The van der Waals surface area contributed by atoms with Crippen LogP contribution in [-0.2, 0) is 6.61 Å². The maximum Gasteiger partial charge on any atom is 0.222 e. The number of pyridine rings is 1. The van der Waals surface area contributed by atoms with E-state index in [0.29, 0.717) is 22.6 Å². The second kappa shape index (κ2) is 4.97. The van der Waals surface area contributed by atoms with Crippen LogP contribution in [0.1, 0.15) is 16.8 Å². The van der Waals surface area contributed by atoms with Crippen LogP contribution in [0.25, 0.3) is 0 Å². The van der Waals surface area contributed by atoms with E-state index >= 15 is 0 Å². The molecule has 19 heavy (non-hydrogen) atoms. The fraction of sp³-hybridized carbons (Fsp3) is 0.250. The maximum atomic E-state index is 11.8. The van der Waals surface area contributed by atoms with Crippen LogP contribution in [-0.4, -0.2) is 15.0 Å². The zero-order chi connectivity index (χ0) is 14.0. The summed E-state index contributed by atoms with van der Waals surface area (Å²) >= 11 is 0. The summed E-state index contributed by atoms with van der Waals surface area (Å²) in [5, 5.41) is 0. The molecule has 0 saturated carbocycles. The van der Waals surface area contributed by atoms with Crippen molar-refractivity contribution in [3.63, 3.8) is 0 Å². The average Bonchev–Trinajstić information content (AvgIpc) is 2.37. The van der Waals surface area contributed by atoms with Crippen molar-refractivity contribution < 1.29 is 4.74 Å². The average molecular weight is 261 g/mol. The van der Waals surface area contributed by atoms with Crippen LogP contribution >= 0.6 is 0 Å². The van der Waals surface area contributed by atoms with Gasteiger partial charge in [-0.25, -0.2) is 4.98 Å². The molecule has 0 aliphatic carbocycles. The lowest BCUT2D eigenvalue weighted by atomic mass is 10.1. The van der Waals surface area contributed by atoms with Gasteiger partial charge in [-0.15, -0.1) is 0 Å². The van der Waals surface area contributed by atoms with Gasteiger partial charge in [-0.2, -0.15) is 4.98 Å². The quantitative estimate of drug-likeness (QED) is 0.741. The Balaban J connectivity index is 2.19. The van der Waals surface area contributed by atoms with Gasteiger partial charge < -0.3 is 21.2 Å². The van der Waals surface area contributed by atoms with Crippen molar-refractivity contribution in [3.05, 3.63) is 39.4 Å². The van der Waals surface area contributed by atoms with Crippen LogP contribution in [0.15, 0.2) is 17.2 Å². The summed E-state index contributed by atoms with van der Waals surface area (Å²) in [4.78, 5) is 22.4. The normalized spacial score (nSPS) is 10.4. The van der Waals surface area contributed by atoms with Crippen molar-refractivity contribution in [3.8, 4) is 5.75 Å². The molecule has 0 spiro atoms. The first-order chi connectivity index (χ1) is 8.99. The predicted molar refractivity (Wildman–Crippen MR) is 71.7 cm³/mol. The highest BCUT2D eigenvalue weighted by Gasteiger charge is 2.08. The van der Waals surface area contributed by atoms with E-state index in [-0.39, 0.29) is 23.8 Å². The van der Waals surface area contributed by atoms with Gasteiger partial charge in [-0.05, 0) is 13.8 Å². The number of hydrogen-bond acceptors (Lipinski definition) is 6. The van der Waals surface area contributed by atoms with Crippen LogP contribution in [0, 0.1) is 13.8 Å². The molecule has 0 unspecified atom stereocenters. The minimum atomic E-state index is -0.00104. The van der Waals surface area contributed by atoms with E-state index in [1.165, 1.54) is 6.20 Å². The predicted octanol–water partition coefficient (Wildman–Crippen LogP) is 0.525. The number of nitrogens with zero attached hydrogens (tertiary/aromatic N) is 2. The molecule has 0 bridgehead atoms. The number of anilines is 2. The molecule has 100 valence electrons. The van der Waals surface area contributed by atoms with Gasteiger partial charge in [0, 0.05) is 17.3 Å². The molecule has 2 rings (SSSR count). The molecule has 7 nitrogen and oxygen atoms in total. The monoisotopic (exact) mass is 261 g/mol. The number of nitrogen functional groups attached to an aromatic ring is 2. The van der Waals surface area contributed by atoms with Crippen LogP contribution in [0.3, 0.4) is 0 Å². The van der Waals surface area contributed by atoms with Crippen molar-refractivity contribution in [2.45, 2.75) is 20.5 Å². The topological polar surface area (TPSA) is 120 Å². The first kappa shape index (κ1) is 12.9. The molecular weight excluding hydrogens is 246 g/mol. The Morgan fingerprint density at radius 2 is 2.11 bits per heavy atom. The number of aryl methyl sites for hydroxylation is 1. The minimum Gasteiger partial charge on any atom is -0.482 e. The van der Waals surface area contributed by atoms with Crippen molar-refractivity contribution >= 4 is 11.8 Å². The molecule has 0 aliphatic heterocycles. The Morgan fingerprint density at radius 1 is 1.37 bits per heavy atom. The van der Waals surface area contributed by atoms with Gasteiger partial charge >= 0.3 is 0 Å². The van der Waals surface area contributed by atoms with E-state index in [9.17, 15) is 4.79 Å². The standard InChI is InChI=1S/C12H15N5O2/c1-6-3-15-8(7(2)10(6)18)5-19-9-4-16-12(14)17-11(9)13/h3-4H,5H2,1-2H3,(H,15,18)(H4,13,14,16,17). The van der Waals surface area contributed by atoms with Crippen LogP contribution in [0.4, 0.5) is 11.8 Å². The molecule has 0 fully saturated rings. The van der Waals surface area contributed by atoms with Gasteiger partial charge in [0.1, 0.15) is 6.61 Å². The van der Waals surface area contributed by atoms with Crippen LogP contribution < -0.4 is 21.6 Å². The van der Waals surface area contributed by atoms with Gasteiger partial charge in [0.2, 0.25) is 5.95 Å². The maximum absolute atomic E-state index is 11.8. The number of aromatic nitrogens is 3. The van der Waals surface area contributed by atoms with Crippen molar-refractivity contribution in [2.75, 3.05) is 11.5 Å². The lowest BCUT2D eigenvalue weighted by molar-refractivity contribution is 0.300. The number of rotatable bonds is 3. The third-order valence-corrected chi connectivity index (χ3v) is 2.79. The van der Waals surface area contributed by atoms with Gasteiger partial charge in [0.15, 0.2) is 17.0 Å². The molecule has 2 aromatic rings. The van der Waals surface area contributed by atoms with E-state index in [1.54, 1.807) is 20.0 Å². The first-order valence-corrected chi connectivity index (χ1v) is 5.67. The Morgan fingerprint density at radius 3 is 2.79 bits per heavy atom. The zero-order valence-corrected chi connectivity index (χ0v) is 10.7. The van der Waals surface area contributed by atoms with E-state index in [0.717, 1.165) is 0 Å². The number of H-pyrrole nitrogens is 1. The summed E-state index contributed by atoms with van der Waals surface area (Å²) in [7, 11) is 0. The number of hydrogen-bond donors (Lipinski definition) is 3. The highest BCUT2D eigenvalue weighted by Crippen LogP contribution is 2.19. The molecular formula is C12H15N5O2. The molecule has 2 heterocycles. The highest BCUT2D eigenvalue weighted by atomic mass is 16.5. The molecule has 0 radical (unpaired) electrons. The van der Waals surface area contributed by atoms with Crippen LogP contribution in [0.5, 0.6) is 5.75 Å². The molecule has 5 N–H and O–H groups in total. The Bertz CT molecular complexity index is 666. The minimum absolute atomic E-state index is 0.00104. The molecule has 0 saturated heterocycles. The third-order valence-electron chi connectivity index (χ3n) is 2.79. The number of ether oxygens (including phenoxy) is 1. The lowest BCUT2D eigenvalue weighted by Crippen LogP contribution is -2.15. The third kappa shape index (κ3) is 2.65. The van der Waals surface area contributed by atoms with Crippen molar-refractivity contribution in [1.82, 2.24) is 15.0 Å². The van der Waals surface area contributed by atoms with Crippen LogP contribution in [0.2, 0.25) is 0 Å². The summed E-state index contributed by atoms with van der Waals surface area (Å²) in [5.41, 5.74) is 13.0. The first-order valence-electron chi connectivity index (χ1n) is 5.67. The zero-order valence-electron chi connectivity index (χ0n) is 10.7. The molecule has 0 aromatic carbocycles. The highest BCUT2D eigenvalue weighted by molar-refractivity contribution is 5.46. The molecule has 2 aromatic heterocycles. The van der Waals surface area contributed by atoms with E-state index < -0.39 is 0 Å². The smallest absolute Gasteiger partial charge is 0.222 e. The van der Waals surface area contributed by atoms with Crippen molar-refractivity contribution in [2.24, 2.45) is 0 Å². The molecule has 0 amide bonds. The van der Waals surface area contributed by atoms with Gasteiger partial charge in [0.05, 0.1) is 11.9 Å². The SMILES string of the molecule is Cc1c[nH]c(COc2cnc(N)nc2N)c(C)c1=O. The fourth-order valence-corrected chi connectivity index (χ4v) is 1.61. The second-order valence-corrected chi connectivity index (χ2v) is 4.17. The summed E-state index contributed by atoms with van der Waals surface area (Å²) in [6, 6.07) is 0. The van der Waals surface area contributed by atoms with E-state index in [1.807, 2.05) is 0 Å². The van der Waals surface area contributed by atoms with Gasteiger partial charge in [-0.3, -0.25) is 4.79 Å². The van der Waals surface area contributed by atoms with Gasteiger partial charge in [-0.1, -0.05) is 0 Å². The summed E-state index contributed by atoms with van der Waals surface area (Å²) in [6.45, 7) is 3.68. The Kier molecular flexibility index (Phi) is 3.37. The Hall–Kier alpha value is -2.57. The molecule has 0 atom stereocenters. The second-order valence-electron chi connectivity index (χ2n) is 4.17. The summed E-state index contributed by atoms with van der Waals surface area (Å²) in [6.07, 6.45) is 3.05. The van der Waals surface area contributed by atoms with Gasteiger partial charge in [0.25, 0.3) is 0 Å². The summed E-state index contributed by atoms with van der Waals surface area (Å²) < 4.78 is 5.48. The Labute approximate surface area is 109 Å². The number of nitrogens with one attached hydrogen (secondary N) is 1. The fourth-order valence-electron chi connectivity index (χ4n) is 1.61. The summed E-state index contributed by atoms with van der Waals surface area (Å²) in [5.74, 6) is 0.583. The molecule has 0 aliphatic rings. The van der Waals surface area contributed by atoms with E-state index in [2.05, 4.69) is 15.0 Å². The van der Waals surface area contributed by atoms with Crippen molar-refractivity contribution in [1.29, 1.82) is 0 Å². The lowest BCUT2D eigenvalue weighted by Gasteiger charge is -2.10. The van der Waals surface area contributed by atoms with E-state index in [4.69, 9.17) is 16.2 Å². The molecule has 7 heteroatoms. The number of nitrogens with two attached hydrogens (primary N) is 2. The number of aromatic amines is 1.